The van der Waals surface area contributed by atoms with Crippen LogP contribution in [-0.2, 0) is 16.4 Å². The summed E-state index contributed by atoms with van der Waals surface area (Å²) in [5.74, 6) is 0.483. The maximum atomic E-state index is 11.5. The zero-order valence-corrected chi connectivity index (χ0v) is 12.1. The molecule has 1 aromatic heterocycles. The molecule has 0 spiro atoms. The van der Waals surface area contributed by atoms with Crippen LogP contribution >= 0.6 is 11.3 Å². The number of nitrogens with zero attached hydrogens (tertiary/aromatic N) is 2. The minimum absolute atomic E-state index is 0.199. The van der Waals surface area contributed by atoms with E-state index in [1.807, 2.05) is 17.9 Å². The van der Waals surface area contributed by atoms with Crippen molar-refractivity contribution in [3.05, 3.63) is 16.6 Å². The van der Waals surface area contributed by atoms with Crippen LogP contribution in [0.1, 0.15) is 18.5 Å². The second-order valence-corrected chi connectivity index (χ2v) is 7.94. The zero-order valence-electron chi connectivity index (χ0n) is 10.5. The van der Waals surface area contributed by atoms with Crippen LogP contribution in [0.25, 0.3) is 0 Å². The van der Waals surface area contributed by atoms with E-state index in [2.05, 4.69) is 9.88 Å². The maximum Gasteiger partial charge on any atom is 0.150 e. The van der Waals surface area contributed by atoms with Gasteiger partial charge in [-0.15, -0.1) is 11.3 Å². The molecule has 0 radical (unpaired) electrons. The molecule has 5 nitrogen and oxygen atoms in total. The molecule has 0 unspecified atom stereocenters. The number of rotatable bonds is 4. The lowest BCUT2D eigenvalue weighted by atomic mass is 9.90. The smallest absolute Gasteiger partial charge is 0.150 e. The molecule has 102 valence electrons. The van der Waals surface area contributed by atoms with E-state index >= 15 is 0 Å². The Labute approximate surface area is 112 Å². The molecule has 0 amide bonds. The van der Waals surface area contributed by atoms with Gasteiger partial charge in [0.25, 0.3) is 0 Å². The van der Waals surface area contributed by atoms with Crippen LogP contribution in [0.5, 0.6) is 0 Å². The monoisotopic (exact) mass is 289 g/mol. The summed E-state index contributed by atoms with van der Waals surface area (Å²) in [5.41, 5.74) is 8.53. The van der Waals surface area contributed by atoms with Crippen molar-refractivity contribution in [3.8, 4) is 0 Å². The molecule has 0 aliphatic carbocycles. The number of aromatic nitrogens is 1. The first-order valence-electron chi connectivity index (χ1n) is 5.96. The van der Waals surface area contributed by atoms with Crippen molar-refractivity contribution in [1.82, 2.24) is 9.88 Å². The van der Waals surface area contributed by atoms with E-state index in [0.717, 1.165) is 12.2 Å². The molecule has 0 atom stereocenters. The van der Waals surface area contributed by atoms with E-state index in [4.69, 9.17) is 5.73 Å². The SMILES string of the molecule is CN(Cc1cscn1)C1(CN)CCS(=O)(=O)CC1. The summed E-state index contributed by atoms with van der Waals surface area (Å²) in [6, 6.07) is 0. The van der Waals surface area contributed by atoms with Crippen LogP contribution < -0.4 is 5.73 Å². The highest BCUT2D eigenvalue weighted by Crippen LogP contribution is 2.29. The highest BCUT2D eigenvalue weighted by atomic mass is 32.2. The maximum absolute atomic E-state index is 11.5. The number of nitrogens with two attached hydrogens (primary N) is 1. The average molecular weight is 289 g/mol. The molecule has 2 heterocycles. The number of likely N-dealkylation sites (N-methyl/N-ethyl adjacent to an activating group) is 1. The average Bonchev–Trinajstić information content (AvgIpc) is 2.82. The molecule has 1 saturated heterocycles. The van der Waals surface area contributed by atoms with Crippen LogP contribution in [0.15, 0.2) is 10.9 Å². The standard InChI is InChI=1S/C11H19N3O2S2/c1-14(6-10-7-17-9-13-10)11(8-12)2-4-18(15,16)5-3-11/h7,9H,2-6,8,12H2,1H3. The lowest BCUT2D eigenvalue weighted by Crippen LogP contribution is -2.56. The summed E-state index contributed by atoms with van der Waals surface area (Å²) in [7, 11) is -0.851. The molecule has 1 aliphatic rings. The van der Waals surface area contributed by atoms with Crippen LogP contribution in [0, 0.1) is 0 Å². The van der Waals surface area contributed by atoms with Crippen LogP contribution in [-0.4, -0.2) is 48.9 Å². The first kappa shape index (κ1) is 13.9. The predicted octanol–water partition coefficient (Wildman–Crippen LogP) is 0.481. The highest BCUT2D eigenvalue weighted by Gasteiger charge is 2.39. The first-order chi connectivity index (χ1) is 8.47. The predicted molar refractivity (Wildman–Crippen MR) is 73.3 cm³/mol. The summed E-state index contributed by atoms with van der Waals surface area (Å²) in [6.07, 6.45) is 1.24. The van der Waals surface area contributed by atoms with Crippen molar-refractivity contribution >= 4 is 21.2 Å². The number of hydrogen-bond acceptors (Lipinski definition) is 6. The van der Waals surface area contributed by atoms with Gasteiger partial charge in [-0.2, -0.15) is 0 Å². The van der Waals surface area contributed by atoms with E-state index < -0.39 is 9.84 Å². The third kappa shape index (κ3) is 2.90. The fourth-order valence-corrected chi connectivity index (χ4v) is 4.52. The molecule has 1 aliphatic heterocycles. The summed E-state index contributed by atoms with van der Waals surface area (Å²) in [4.78, 5) is 6.43. The molecule has 0 bridgehead atoms. The van der Waals surface area contributed by atoms with E-state index in [1.165, 1.54) is 0 Å². The number of thiazole rings is 1. The van der Waals surface area contributed by atoms with Crippen molar-refractivity contribution in [2.75, 3.05) is 25.1 Å². The van der Waals surface area contributed by atoms with E-state index in [-0.39, 0.29) is 17.0 Å². The number of hydrogen-bond donors (Lipinski definition) is 1. The van der Waals surface area contributed by atoms with E-state index in [9.17, 15) is 8.42 Å². The Morgan fingerprint density at radius 3 is 2.67 bits per heavy atom. The van der Waals surface area contributed by atoms with Gasteiger partial charge in [0, 0.05) is 24.0 Å². The third-order valence-corrected chi connectivity index (χ3v) is 6.12. The molecule has 2 rings (SSSR count). The van der Waals surface area contributed by atoms with E-state index in [1.54, 1.807) is 11.3 Å². The summed E-state index contributed by atoms with van der Waals surface area (Å²) < 4.78 is 23.0. The molecule has 18 heavy (non-hydrogen) atoms. The Morgan fingerprint density at radius 1 is 1.50 bits per heavy atom. The van der Waals surface area contributed by atoms with Crippen LogP contribution in [0.4, 0.5) is 0 Å². The van der Waals surface area contributed by atoms with Gasteiger partial charge in [-0.3, -0.25) is 4.90 Å². The Kier molecular flexibility index (Phi) is 4.05. The minimum atomic E-state index is -2.86. The molecule has 0 saturated carbocycles. The Hall–Kier alpha value is -0.500. The lowest BCUT2D eigenvalue weighted by Gasteiger charge is -2.43. The van der Waals surface area contributed by atoms with Gasteiger partial charge in [-0.1, -0.05) is 0 Å². The van der Waals surface area contributed by atoms with Gasteiger partial charge < -0.3 is 5.73 Å². The lowest BCUT2D eigenvalue weighted by molar-refractivity contribution is 0.104. The molecular formula is C11H19N3O2S2. The molecule has 7 heteroatoms. The van der Waals surface area contributed by atoms with Crippen molar-refractivity contribution in [2.24, 2.45) is 5.73 Å². The highest BCUT2D eigenvalue weighted by molar-refractivity contribution is 7.91. The topological polar surface area (TPSA) is 76.3 Å². The van der Waals surface area contributed by atoms with Crippen molar-refractivity contribution in [1.29, 1.82) is 0 Å². The summed E-state index contributed by atoms with van der Waals surface area (Å²) >= 11 is 1.57. The Balaban J connectivity index is 2.08. The second kappa shape index (κ2) is 5.24. The largest absolute Gasteiger partial charge is 0.329 e. The molecule has 2 N–H and O–H groups in total. The fourth-order valence-electron chi connectivity index (χ4n) is 2.39. The molecule has 1 aromatic rings. The fraction of sp³-hybridized carbons (Fsp3) is 0.727. The summed E-state index contributed by atoms with van der Waals surface area (Å²) in [5, 5.41) is 2.01. The van der Waals surface area contributed by atoms with Gasteiger partial charge in [0.05, 0.1) is 22.7 Å². The molecule has 1 fully saturated rings. The van der Waals surface area contributed by atoms with Crippen LogP contribution in [0.2, 0.25) is 0 Å². The molecule has 0 aromatic carbocycles. The van der Waals surface area contributed by atoms with Gasteiger partial charge in [-0.25, -0.2) is 13.4 Å². The van der Waals surface area contributed by atoms with Crippen molar-refractivity contribution < 1.29 is 8.42 Å². The van der Waals surface area contributed by atoms with Gasteiger partial charge in [0.2, 0.25) is 0 Å². The van der Waals surface area contributed by atoms with Crippen LogP contribution in [0.3, 0.4) is 0 Å². The van der Waals surface area contributed by atoms with Gasteiger partial charge in [0.1, 0.15) is 9.84 Å². The molecular weight excluding hydrogens is 270 g/mol. The number of sulfone groups is 1. The second-order valence-electron chi connectivity index (χ2n) is 4.92. The minimum Gasteiger partial charge on any atom is -0.329 e. The van der Waals surface area contributed by atoms with Gasteiger partial charge in [-0.05, 0) is 19.9 Å². The normalized spacial score (nSPS) is 22.2. The summed E-state index contributed by atoms with van der Waals surface area (Å²) in [6.45, 7) is 1.21. The van der Waals surface area contributed by atoms with Gasteiger partial charge in [0.15, 0.2) is 0 Å². The van der Waals surface area contributed by atoms with E-state index in [0.29, 0.717) is 19.4 Å². The third-order valence-electron chi connectivity index (χ3n) is 3.83. The van der Waals surface area contributed by atoms with Crippen molar-refractivity contribution in [3.63, 3.8) is 0 Å². The van der Waals surface area contributed by atoms with Gasteiger partial charge >= 0.3 is 0 Å². The Morgan fingerprint density at radius 2 is 2.17 bits per heavy atom. The first-order valence-corrected chi connectivity index (χ1v) is 8.73. The zero-order chi connectivity index (χ0) is 13.2. The Bertz CT molecular complexity index is 470. The van der Waals surface area contributed by atoms with Crippen molar-refractivity contribution in [2.45, 2.75) is 24.9 Å². The quantitative estimate of drug-likeness (QED) is 0.872.